The van der Waals surface area contributed by atoms with Gasteiger partial charge in [-0.1, -0.05) is 43.3 Å². The Hall–Kier alpha value is -2.31. The highest BCUT2D eigenvalue weighted by Gasteiger charge is 2.19. The van der Waals surface area contributed by atoms with Crippen LogP contribution >= 0.6 is 0 Å². The highest BCUT2D eigenvalue weighted by atomic mass is 32.2. The van der Waals surface area contributed by atoms with E-state index < -0.39 is 10.0 Å². The molecule has 0 saturated heterocycles. The summed E-state index contributed by atoms with van der Waals surface area (Å²) in [6.45, 7) is 3.54. The lowest BCUT2D eigenvalue weighted by Crippen LogP contribution is -2.28. The van der Waals surface area contributed by atoms with E-state index >= 15 is 0 Å². The highest BCUT2D eigenvalue weighted by Crippen LogP contribution is 2.31. The van der Waals surface area contributed by atoms with Gasteiger partial charge in [-0.2, -0.15) is 4.31 Å². The van der Waals surface area contributed by atoms with Crippen LogP contribution in [0.5, 0.6) is 11.5 Å². The van der Waals surface area contributed by atoms with Gasteiger partial charge in [0.15, 0.2) is 11.5 Å². The fourth-order valence-corrected chi connectivity index (χ4v) is 3.78. The van der Waals surface area contributed by atoms with Crippen LogP contribution in [0, 0.1) is 0 Å². The zero-order chi connectivity index (χ0) is 17.7. The van der Waals surface area contributed by atoms with Crippen molar-refractivity contribution in [1.29, 1.82) is 0 Å². The zero-order valence-corrected chi connectivity index (χ0v) is 14.9. The third kappa shape index (κ3) is 4.41. The van der Waals surface area contributed by atoms with Gasteiger partial charge in [-0.05, 0) is 29.3 Å². The summed E-state index contributed by atoms with van der Waals surface area (Å²) in [5.74, 6) is 1.36. The molecule has 0 N–H and O–H groups in total. The van der Waals surface area contributed by atoms with E-state index in [9.17, 15) is 8.42 Å². The molecule has 0 unspecified atom stereocenters. The van der Waals surface area contributed by atoms with Gasteiger partial charge < -0.3 is 9.47 Å². The number of nitrogens with zero attached hydrogens (tertiary/aromatic N) is 1. The number of ether oxygens (including phenoxy) is 2. The Morgan fingerprint density at radius 3 is 2.48 bits per heavy atom. The minimum absolute atomic E-state index is 0.286. The Morgan fingerprint density at radius 1 is 1.04 bits per heavy atom. The molecule has 0 amide bonds. The van der Waals surface area contributed by atoms with Gasteiger partial charge in [0.25, 0.3) is 0 Å². The first kappa shape index (κ1) is 17.5. The summed E-state index contributed by atoms with van der Waals surface area (Å²) in [4.78, 5) is 0. The molecule has 0 atom stereocenters. The summed E-state index contributed by atoms with van der Waals surface area (Å²) < 4.78 is 37.7. The fraction of sp³-hybridized carbons (Fsp3) is 0.263. The quantitative estimate of drug-likeness (QED) is 0.794. The molecule has 0 aliphatic carbocycles. The molecule has 0 spiro atoms. The first-order chi connectivity index (χ1) is 12.1. The maximum Gasteiger partial charge on any atom is 0.236 e. The van der Waals surface area contributed by atoms with Gasteiger partial charge in [-0.25, -0.2) is 8.42 Å². The largest absolute Gasteiger partial charge is 0.486 e. The van der Waals surface area contributed by atoms with Gasteiger partial charge >= 0.3 is 0 Å². The topological polar surface area (TPSA) is 55.8 Å². The maximum atomic E-state index is 12.6. The van der Waals surface area contributed by atoms with Gasteiger partial charge in [0.05, 0.1) is 0 Å². The van der Waals surface area contributed by atoms with E-state index in [-0.39, 0.29) is 6.54 Å². The SMILES string of the molecule is CCN(Cc1ccc2c(c1)OCCO2)S(=O)(=O)/C=C/c1ccccc1. The lowest BCUT2D eigenvalue weighted by atomic mass is 10.2. The van der Waals surface area contributed by atoms with Crippen molar-refractivity contribution >= 4 is 16.1 Å². The lowest BCUT2D eigenvalue weighted by Gasteiger charge is -2.21. The molecule has 2 aromatic carbocycles. The Morgan fingerprint density at radius 2 is 1.76 bits per heavy atom. The smallest absolute Gasteiger partial charge is 0.236 e. The van der Waals surface area contributed by atoms with Gasteiger partial charge in [0.2, 0.25) is 10.0 Å². The first-order valence-corrected chi connectivity index (χ1v) is 9.70. The standard InChI is InChI=1S/C19H21NO4S/c1-2-20(25(21,22)13-10-16-6-4-3-5-7-16)15-17-8-9-18-19(14-17)24-12-11-23-18/h3-10,13-14H,2,11-12,15H2,1H3/b13-10+. The summed E-state index contributed by atoms with van der Waals surface area (Å²) in [6.07, 6.45) is 1.61. The second-order valence-corrected chi connectivity index (χ2v) is 7.48. The monoisotopic (exact) mass is 359 g/mol. The minimum atomic E-state index is -3.51. The summed E-state index contributed by atoms with van der Waals surface area (Å²) in [5, 5.41) is 1.25. The van der Waals surface area contributed by atoms with Crippen LogP contribution in [0.25, 0.3) is 6.08 Å². The van der Waals surface area contributed by atoms with Gasteiger partial charge in [0, 0.05) is 18.5 Å². The van der Waals surface area contributed by atoms with Crippen molar-refractivity contribution in [3.8, 4) is 11.5 Å². The summed E-state index contributed by atoms with van der Waals surface area (Å²) >= 11 is 0. The van der Waals surface area contributed by atoms with Crippen molar-refractivity contribution in [3.63, 3.8) is 0 Å². The number of hydrogen-bond donors (Lipinski definition) is 0. The van der Waals surface area contributed by atoms with Gasteiger partial charge in [-0.3, -0.25) is 0 Å². The second-order valence-electron chi connectivity index (χ2n) is 5.66. The fourth-order valence-electron chi connectivity index (χ4n) is 2.59. The highest BCUT2D eigenvalue weighted by molar-refractivity contribution is 7.92. The molecule has 1 aliphatic rings. The first-order valence-electron chi connectivity index (χ1n) is 8.20. The molecule has 0 saturated carbocycles. The summed E-state index contributed by atoms with van der Waals surface area (Å²) in [6, 6.07) is 14.9. The molecule has 6 heteroatoms. The molecule has 132 valence electrons. The third-order valence-corrected chi connectivity index (χ3v) is 5.50. The van der Waals surface area contributed by atoms with Crippen LogP contribution in [0.1, 0.15) is 18.1 Å². The predicted octanol–water partition coefficient (Wildman–Crippen LogP) is 3.28. The molecule has 1 heterocycles. The molecule has 1 aliphatic heterocycles. The van der Waals surface area contributed by atoms with Crippen LogP contribution in [0.3, 0.4) is 0 Å². The van der Waals surface area contributed by atoms with Crippen molar-refractivity contribution in [1.82, 2.24) is 4.31 Å². The molecule has 0 radical (unpaired) electrons. The number of fused-ring (bicyclic) bond motifs is 1. The molecule has 5 nitrogen and oxygen atoms in total. The van der Waals surface area contributed by atoms with E-state index in [0.29, 0.717) is 31.3 Å². The van der Waals surface area contributed by atoms with Crippen molar-refractivity contribution in [2.24, 2.45) is 0 Å². The van der Waals surface area contributed by atoms with E-state index in [1.807, 2.05) is 55.5 Å². The van der Waals surface area contributed by atoms with Gasteiger partial charge in [0.1, 0.15) is 13.2 Å². The van der Waals surface area contributed by atoms with E-state index in [0.717, 1.165) is 11.1 Å². The lowest BCUT2D eigenvalue weighted by molar-refractivity contribution is 0.171. The van der Waals surface area contributed by atoms with Crippen molar-refractivity contribution in [2.45, 2.75) is 13.5 Å². The van der Waals surface area contributed by atoms with Crippen LogP contribution in [-0.4, -0.2) is 32.5 Å². The minimum Gasteiger partial charge on any atom is -0.486 e. The average molecular weight is 359 g/mol. The van der Waals surface area contributed by atoms with E-state index in [1.165, 1.54) is 9.71 Å². The Bertz CT molecular complexity index is 847. The van der Waals surface area contributed by atoms with Crippen LogP contribution in [0.15, 0.2) is 53.9 Å². The van der Waals surface area contributed by atoms with Crippen LogP contribution < -0.4 is 9.47 Å². The second kappa shape index (κ2) is 7.72. The molecule has 25 heavy (non-hydrogen) atoms. The molecule has 2 aromatic rings. The van der Waals surface area contributed by atoms with E-state index in [4.69, 9.17) is 9.47 Å². The number of sulfonamides is 1. The van der Waals surface area contributed by atoms with E-state index in [1.54, 1.807) is 6.08 Å². The summed E-state index contributed by atoms with van der Waals surface area (Å²) in [5.41, 5.74) is 1.71. The van der Waals surface area contributed by atoms with E-state index in [2.05, 4.69) is 0 Å². The van der Waals surface area contributed by atoms with Crippen molar-refractivity contribution < 1.29 is 17.9 Å². The van der Waals surface area contributed by atoms with Crippen LogP contribution in [-0.2, 0) is 16.6 Å². The zero-order valence-electron chi connectivity index (χ0n) is 14.1. The van der Waals surface area contributed by atoms with Crippen molar-refractivity contribution in [3.05, 3.63) is 65.1 Å². The average Bonchev–Trinajstić information content (AvgIpc) is 2.65. The number of benzene rings is 2. The van der Waals surface area contributed by atoms with Crippen LogP contribution in [0.4, 0.5) is 0 Å². The Labute approximate surface area is 148 Å². The summed E-state index contributed by atoms with van der Waals surface area (Å²) in [7, 11) is -3.51. The normalized spacial score (nSPS) is 14.2. The van der Waals surface area contributed by atoms with Crippen molar-refractivity contribution in [2.75, 3.05) is 19.8 Å². The molecular formula is C19H21NO4S. The molecular weight excluding hydrogens is 338 g/mol. The number of rotatable bonds is 6. The number of hydrogen-bond acceptors (Lipinski definition) is 4. The predicted molar refractivity (Wildman–Crippen MR) is 97.9 cm³/mol. The third-order valence-electron chi connectivity index (χ3n) is 3.91. The molecule has 0 bridgehead atoms. The van der Waals surface area contributed by atoms with Crippen LogP contribution in [0.2, 0.25) is 0 Å². The van der Waals surface area contributed by atoms with Gasteiger partial charge in [-0.15, -0.1) is 0 Å². The molecule has 0 fully saturated rings. The molecule has 3 rings (SSSR count). The Balaban J connectivity index is 1.76. The molecule has 0 aromatic heterocycles. The Kier molecular flexibility index (Phi) is 5.40. The maximum absolute atomic E-state index is 12.6.